The molecule has 1 aliphatic heterocycles. The Bertz CT molecular complexity index is 705. The van der Waals surface area contributed by atoms with Gasteiger partial charge in [0.05, 0.1) is 0 Å². The highest BCUT2D eigenvalue weighted by Gasteiger charge is 2.33. The Labute approximate surface area is 119 Å². The van der Waals surface area contributed by atoms with Gasteiger partial charge >= 0.3 is 0 Å². The number of aromatic hydroxyl groups is 1. The summed E-state index contributed by atoms with van der Waals surface area (Å²) < 4.78 is 0. The van der Waals surface area contributed by atoms with Gasteiger partial charge in [-0.15, -0.1) is 0 Å². The van der Waals surface area contributed by atoms with Gasteiger partial charge in [-0.05, 0) is 55.1 Å². The minimum absolute atomic E-state index is 0.418. The third kappa shape index (κ3) is 1.55. The lowest BCUT2D eigenvalue weighted by Gasteiger charge is -2.40. The Morgan fingerprint density at radius 1 is 1.20 bits per heavy atom. The standard InChI is InChI=1S/C18H19NO/c1-11-8-13-6-7-19(2)15-10-12-4-3-5-16(20)18(12)14(9-11)17(13)15/h3-5,8-9,15,20H,6-7,10H2,1-2H3/t15-/m1/s1. The number of phenolic OH excluding ortho intramolecular Hbond substituents is 1. The highest BCUT2D eigenvalue weighted by Crippen LogP contribution is 2.47. The van der Waals surface area contributed by atoms with Gasteiger partial charge < -0.3 is 5.11 Å². The molecule has 2 aromatic carbocycles. The van der Waals surface area contributed by atoms with E-state index in [1.165, 1.54) is 27.8 Å². The zero-order chi connectivity index (χ0) is 13.9. The summed E-state index contributed by atoms with van der Waals surface area (Å²) >= 11 is 0. The van der Waals surface area contributed by atoms with Crippen molar-refractivity contribution in [1.29, 1.82) is 0 Å². The SMILES string of the molecule is Cc1cc2c3c(c1)-c1c(O)cccc1C[C@H]3N(C)CC2. The minimum atomic E-state index is 0.418. The summed E-state index contributed by atoms with van der Waals surface area (Å²) in [5.41, 5.74) is 7.77. The monoisotopic (exact) mass is 265 g/mol. The van der Waals surface area contributed by atoms with E-state index in [0.717, 1.165) is 24.9 Å². The molecule has 0 bridgehead atoms. The Morgan fingerprint density at radius 2 is 2.05 bits per heavy atom. The number of benzene rings is 2. The molecule has 2 nitrogen and oxygen atoms in total. The molecule has 0 saturated carbocycles. The van der Waals surface area contributed by atoms with Gasteiger partial charge in [0.2, 0.25) is 0 Å². The average molecular weight is 265 g/mol. The molecule has 20 heavy (non-hydrogen) atoms. The molecule has 2 heteroatoms. The summed E-state index contributed by atoms with van der Waals surface area (Å²) in [6.07, 6.45) is 2.11. The van der Waals surface area contributed by atoms with Crippen LogP contribution in [-0.2, 0) is 12.8 Å². The first kappa shape index (κ1) is 12.0. The Kier molecular flexibility index (Phi) is 2.45. The van der Waals surface area contributed by atoms with Gasteiger partial charge in [0.15, 0.2) is 0 Å². The normalized spacial score (nSPS) is 20.4. The summed E-state index contributed by atoms with van der Waals surface area (Å²) in [7, 11) is 2.21. The molecule has 1 N–H and O–H groups in total. The predicted molar refractivity (Wildman–Crippen MR) is 81.1 cm³/mol. The van der Waals surface area contributed by atoms with Crippen LogP contribution in [0.2, 0.25) is 0 Å². The zero-order valence-corrected chi connectivity index (χ0v) is 12.0. The molecule has 1 heterocycles. The van der Waals surface area contributed by atoms with E-state index in [0.29, 0.717) is 11.8 Å². The van der Waals surface area contributed by atoms with Crippen LogP contribution in [0.15, 0.2) is 30.3 Å². The fourth-order valence-corrected chi connectivity index (χ4v) is 3.89. The van der Waals surface area contributed by atoms with E-state index >= 15 is 0 Å². The second-order valence-electron chi connectivity index (χ2n) is 6.15. The molecule has 1 aliphatic carbocycles. The molecule has 0 fully saturated rings. The van der Waals surface area contributed by atoms with Crippen molar-refractivity contribution in [1.82, 2.24) is 4.90 Å². The van der Waals surface area contributed by atoms with Gasteiger partial charge in [0.25, 0.3) is 0 Å². The first-order valence-electron chi connectivity index (χ1n) is 7.30. The van der Waals surface area contributed by atoms with E-state index in [1.54, 1.807) is 6.07 Å². The van der Waals surface area contributed by atoms with Crippen molar-refractivity contribution in [3.05, 3.63) is 52.6 Å². The van der Waals surface area contributed by atoms with Crippen LogP contribution >= 0.6 is 0 Å². The molecule has 1 atom stereocenters. The van der Waals surface area contributed by atoms with Crippen LogP contribution in [-0.4, -0.2) is 23.6 Å². The number of likely N-dealkylation sites (N-methyl/N-ethyl adjacent to an activating group) is 1. The molecule has 0 amide bonds. The van der Waals surface area contributed by atoms with Crippen LogP contribution in [0.25, 0.3) is 11.1 Å². The molecule has 4 rings (SSSR count). The van der Waals surface area contributed by atoms with Crippen LogP contribution in [0.5, 0.6) is 5.75 Å². The van der Waals surface area contributed by atoms with E-state index < -0.39 is 0 Å². The summed E-state index contributed by atoms with van der Waals surface area (Å²) in [4.78, 5) is 2.45. The first-order chi connectivity index (χ1) is 9.65. The Balaban J connectivity index is 2.07. The van der Waals surface area contributed by atoms with E-state index in [-0.39, 0.29) is 0 Å². The number of aryl methyl sites for hydroxylation is 1. The number of hydrogen-bond donors (Lipinski definition) is 1. The molecule has 0 radical (unpaired) electrons. The van der Waals surface area contributed by atoms with Gasteiger partial charge in [0, 0.05) is 18.2 Å². The van der Waals surface area contributed by atoms with Crippen LogP contribution in [0.1, 0.15) is 28.3 Å². The van der Waals surface area contributed by atoms with E-state index in [4.69, 9.17) is 0 Å². The van der Waals surface area contributed by atoms with Crippen LogP contribution in [0.4, 0.5) is 0 Å². The molecule has 0 spiro atoms. The molecule has 102 valence electrons. The number of hydrogen-bond acceptors (Lipinski definition) is 2. The number of phenols is 1. The molecular formula is C18H19NO. The minimum Gasteiger partial charge on any atom is -0.507 e. The Morgan fingerprint density at radius 3 is 2.90 bits per heavy atom. The van der Waals surface area contributed by atoms with Gasteiger partial charge in [0.1, 0.15) is 5.75 Å². The fourth-order valence-electron chi connectivity index (χ4n) is 3.89. The van der Waals surface area contributed by atoms with Crippen LogP contribution in [0, 0.1) is 6.92 Å². The first-order valence-corrected chi connectivity index (χ1v) is 7.30. The van der Waals surface area contributed by atoms with E-state index in [2.05, 4.69) is 37.1 Å². The van der Waals surface area contributed by atoms with Gasteiger partial charge in [-0.25, -0.2) is 0 Å². The molecule has 0 unspecified atom stereocenters. The zero-order valence-electron chi connectivity index (χ0n) is 12.0. The maximum Gasteiger partial charge on any atom is 0.123 e. The van der Waals surface area contributed by atoms with Gasteiger partial charge in [-0.3, -0.25) is 4.90 Å². The third-order valence-corrected chi connectivity index (χ3v) is 4.82. The molecule has 2 aliphatic rings. The number of fused-ring (bicyclic) bond motifs is 2. The lowest BCUT2D eigenvalue weighted by atomic mass is 9.76. The predicted octanol–water partition coefficient (Wildman–Crippen LogP) is 3.45. The summed E-state index contributed by atoms with van der Waals surface area (Å²) in [6, 6.07) is 10.9. The topological polar surface area (TPSA) is 23.5 Å². The highest BCUT2D eigenvalue weighted by molar-refractivity contribution is 5.80. The number of nitrogens with zero attached hydrogens (tertiary/aromatic N) is 1. The van der Waals surface area contributed by atoms with Crippen LogP contribution < -0.4 is 0 Å². The number of rotatable bonds is 0. The van der Waals surface area contributed by atoms with Crippen molar-refractivity contribution in [2.24, 2.45) is 0 Å². The van der Waals surface area contributed by atoms with Gasteiger partial charge in [-0.2, -0.15) is 0 Å². The summed E-state index contributed by atoms with van der Waals surface area (Å²) in [6.45, 7) is 3.27. The highest BCUT2D eigenvalue weighted by atomic mass is 16.3. The van der Waals surface area contributed by atoms with Crippen molar-refractivity contribution in [2.45, 2.75) is 25.8 Å². The largest absolute Gasteiger partial charge is 0.507 e. The summed E-state index contributed by atoms with van der Waals surface area (Å²) in [5.74, 6) is 0.418. The van der Waals surface area contributed by atoms with Crippen molar-refractivity contribution in [3.8, 4) is 16.9 Å². The van der Waals surface area contributed by atoms with Crippen molar-refractivity contribution in [3.63, 3.8) is 0 Å². The van der Waals surface area contributed by atoms with E-state index in [9.17, 15) is 5.11 Å². The molecular weight excluding hydrogens is 246 g/mol. The maximum absolute atomic E-state index is 10.3. The van der Waals surface area contributed by atoms with Crippen LogP contribution in [0.3, 0.4) is 0 Å². The van der Waals surface area contributed by atoms with Gasteiger partial charge in [-0.1, -0.05) is 29.8 Å². The lowest BCUT2D eigenvalue weighted by molar-refractivity contribution is 0.228. The maximum atomic E-state index is 10.3. The fraction of sp³-hybridized carbons (Fsp3) is 0.333. The lowest BCUT2D eigenvalue weighted by Crippen LogP contribution is -2.35. The average Bonchev–Trinajstić information content (AvgIpc) is 2.42. The van der Waals surface area contributed by atoms with E-state index in [1.807, 2.05) is 6.07 Å². The second kappa shape index (κ2) is 4.10. The van der Waals surface area contributed by atoms with Crippen molar-refractivity contribution >= 4 is 0 Å². The van der Waals surface area contributed by atoms with Crippen molar-refractivity contribution < 1.29 is 5.11 Å². The molecule has 0 aromatic heterocycles. The smallest absolute Gasteiger partial charge is 0.123 e. The molecule has 2 aromatic rings. The summed E-state index contributed by atoms with van der Waals surface area (Å²) in [5, 5.41) is 10.3. The third-order valence-electron chi connectivity index (χ3n) is 4.82. The van der Waals surface area contributed by atoms with Crippen molar-refractivity contribution in [2.75, 3.05) is 13.6 Å². The quantitative estimate of drug-likeness (QED) is 0.788. The molecule has 0 saturated heterocycles. The second-order valence-corrected chi connectivity index (χ2v) is 6.15. The Hall–Kier alpha value is -1.80.